The van der Waals surface area contributed by atoms with Crippen molar-refractivity contribution in [3.05, 3.63) is 65.7 Å². The fourth-order valence-corrected chi connectivity index (χ4v) is 4.64. The number of nitrogens with two attached hydrogens (primary N) is 6. The molecule has 0 aliphatic rings. The van der Waals surface area contributed by atoms with Crippen LogP contribution in [0.2, 0.25) is 0 Å². The summed E-state index contributed by atoms with van der Waals surface area (Å²) < 4.78 is 0. The van der Waals surface area contributed by atoms with Crippen LogP contribution in [0.15, 0.2) is 69.6 Å². The second-order valence-corrected chi connectivity index (χ2v) is 11.0. The molecule has 0 saturated carbocycles. The van der Waals surface area contributed by atoms with Crippen LogP contribution in [0.25, 0.3) is 0 Å². The molecule has 2 aromatic rings. The third-order valence-corrected chi connectivity index (χ3v) is 7.03. The van der Waals surface area contributed by atoms with Crippen LogP contribution in [0, 0.1) is 0 Å². The zero-order chi connectivity index (χ0) is 36.3. The topological polar surface area (TPSA) is 338 Å². The third kappa shape index (κ3) is 15.4. The van der Waals surface area contributed by atoms with Gasteiger partial charge in [0.05, 0.1) is 0 Å². The van der Waals surface area contributed by atoms with Gasteiger partial charge in [-0.05, 0) is 48.9 Å². The number of amides is 3. The maximum absolute atomic E-state index is 13.8. The van der Waals surface area contributed by atoms with Crippen molar-refractivity contribution in [2.45, 2.75) is 62.7 Å². The summed E-state index contributed by atoms with van der Waals surface area (Å²) >= 11 is 0. The van der Waals surface area contributed by atoms with E-state index in [2.05, 4.69) is 30.9 Å². The van der Waals surface area contributed by atoms with Gasteiger partial charge in [-0.25, -0.2) is 9.79 Å². The van der Waals surface area contributed by atoms with Crippen molar-refractivity contribution in [1.82, 2.24) is 16.0 Å². The maximum Gasteiger partial charge on any atom is 0.326 e. The van der Waals surface area contributed by atoms with Crippen molar-refractivity contribution < 1.29 is 29.4 Å². The van der Waals surface area contributed by atoms with E-state index in [0.717, 1.165) is 0 Å². The predicted octanol–water partition coefficient (Wildman–Crippen LogP) is -2.53. The van der Waals surface area contributed by atoms with Gasteiger partial charge in [0, 0.05) is 25.9 Å². The molecule has 18 nitrogen and oxygen atoms in total. The van der Waals surface area contributed by atoms with Crippen molar-refractivity contribution in [3.63, 3.8) is 0 Å². The smallest absolute Gasteiger partial charge is 0.326 e. The fourth-order valence-electron chi connectivity index (χ4n) is 4.64. The Bertz CT molecular complexity index is 1470. The Balaban J connectivity index is 2.33. The summed E-state index contributed by atoms with van der Waals surface area (Å²) in [6, 6.07) is 9.94. The molecule has 18 heteroatoms. The van der Waals surface area contributed by atoms with Crippen LogP contribution in [0.4, 0.5) is 0 Å². The highest BCUT2D eigenvalue weighted by Gasteiger charge is 2.31. The van der Waals surface area contributed by atoms with E-state index in [-0.39, 0.29) is 75.2 Å². The number of hydrogen-bond acceptors (Lipinski definition) is 8. The Labute approximate surface area is 283 Å². The van der Waals surface area contributed by atoms with Gasteiger partial charge in [-0.2, -0.15) is 0 Å². The molecule has 0 spiro atoms. The molecule has 0 aliphatic carbocycles. The van der Waals surface area contributed by atoms with E-state index in [1.807, 2.05) is 0 Å². The van der Waals surface area contributed by atoms with Gasteiger partial charge in [0.25, 0.3) is 0 Å². The number of aliphatic imine (C=N–C) groups is 3. The van der Waals surface area contributed by atoms with E-state index in [4.69, 9.17) is 34.4 Å². The monoisotopic (exact) mass is 682 g/mol. The SMILES string of the molecule is NC(N)=NCCC[C@H](NC(=O)[C@H](Cc1ccccc1)NC(=O)[C@@H](CCCN=C(N)N)NC(=O)[C@H](Cc1ccc(O)cc1)N=C(N)N)C(=O)O. The molecule has 4 atom stereocenters. The minimum atomic E-state index is -1.30. The van der Waals surface area contributed by atoms with Gasteiger partial charge < -0.3 is 60.6 Å². The fraction of sp³-hybridized carbons (Fsp3) is 0.387. The molecule has 3 amide bonds. The van der Waals surface area contributed by atoms with Gasteiger partial charge >= 0.3 is 5.97 Å². The lowest BCUT2D eigenvalue weighted by Gasteiger charge is -2.25. The molecule has 49 heavy (non-hydrogen) atoms. The molecule has 0 heterocycles. The summed E-state index contributed by atoms with van der Waals surface area (Å²) in [6.45, 7) is 0.294. The van der Waals surface area contributed by atoms with E-state index in [0.29, 0.717) is 11.1 Å². The Hall–Kier alpha value is -6.07. The number of benzene rings is 2. The maximum atomic E-state index is 13.8. The van der Waals surface area contributed by atoms with E-state index < -0.39 is 47.9 Å². The van der Waals surface area contributed by atoms with Crippen LogP contribution in [0.1, 0.15) is 36.8 Å². The number of rotatable bonds is 20. The summed E-state index contributed by atoms with van der Waals surface area (Å²) in [5.41, 5.74) is 34.0. The number of carbonyl (C=O) groups excluding carboxylic acids is 3. The quantitative estimate of drug-likeness (QED) is 0.0391. The van der Waals surface area contributed by atoms with E-state index >= 15 is 0 Å². The number of carboxylic acids is 1. The first-order chi connectivity index (χ1) is 23.2. The first-order valence-corrected chi connectivity index (χ1v) is 15.4. The van der Waals surface area contributed by atoms with Crippen LogP contribution in [0.3, 0.4) is 0 Å². The van der Waals surface area contributed by atoms with Gasteiger partial charge in [-0.1, -0.05) is 42.5 Å². The van der Waals surface area contributed by atoms with Gasteiger partial charge in [0.15, 0.2) is 17.9 Å². The van der Waals surface area contributed by atoms with E-state index in [1.165, 1.54) is 12.1 Å². The highest BCUT2D eigenvalue weighted by atomic mass is 16.4. The molecule has 0 aliphatic heterocycles. The molecule has 0 radical (unpaired) electrons. The van der Waals surface area contributed by atoms with Crippen molar-refractivity contribution in [2.24, 2.45) is 49.4 Å². The van der Waals surface area contributed by atoms with Gasteiger partial charge in [-0.3, -0.25) is 24.4 Å². The third-order valence-electron chi connectivity index (χ3n) is 7.03. The summed E-state index contributed by atoms with van der Waals surface area (Å²) in [4.78, 5) is 64.6. The van der Waals surface area contributed by atoms with Gasteiger partial charge in [0.1, 0.15) is 29.9 Å². The molecule has 0 bridgehead atoms. The standard InChI is InChI=1S/C31H46N12O6/c32-29(33)38-14-4-8-21(40-27(47)24(43-31(36)37)17-19-10-12-20(44)13-11-19)25(45)42-23(16-18-6-2-1-3-7-18)26(46)41-22(28(48)49)9-5-15-39-30(34)35/h1-3,6-7,10-13,21-24,44H,4-5,8-9,14-17H2,(H,40,47)(H,41,46)(H,42,45)(H,48,49)(H4,32,33,38)(H4,34,35,39)(H4,36,37,43)/t21-,22+,23+,24+/m1/s1. The number of carboxylic acid groups (broad SMARTS) is 1. The van der Waals surface area contributed by atoms with Crippen LogP contribution < -0.4 is 50.4 Å². The molecule has 17 N–H and O–H groups in total. The lowest BCUT2D eigenvalue weighted by atomic mass is 10.0. The summed E-state index contributed by atoms with van der Waals surface area (Å²) in [5.74, 6) is -4.11. The summed E-state index contributed by atoms with van der Waals surface area (Å²) in [6.07, 6.45) is 0.615. The van der Waals surface area contributed by atoms with E-state index in [9.17, 15) is 29.4 Å². The molecule has 0 saturated heterocycles. The normalized spacial score (nSPS) is 13.0. The zero-order valence-corrected chi connectivity index (χ0v) is 27.0. The highest BCUT2D eigenvalue weighted by Crippen LogP contribution is 2.14. The lowest BCUT2D eigenvalue weighted by Crippen LogP contribution is -2.57. The molecule has 0 unspecified atom stereocenters. The Morgan fingerprint density at radius 3 is 1.63 bits per heavy atom. The number of aliphatic carboxylic acids is 1. The molecular weight excluding hydrogens is 636 g/mol. The summed E-state index contributed by atoms with van der Waals surface area (Å²) in [7, 11) is 0. The number of nitrogens with one attached hydrogen (secondary N) is 3. The molecular formula is C31H46N12O6. The average molecular weight is 683 g/mol. The Kier molecular flexibility index (Phi) is 16.1. The average Bonchev–Trinajstić information content (AvgIpc) is 3.04. The molecule has 0 aromatic heterocycles. The zero-order valence-electron chi connectivity index (χ0n) is 27.0. The second kappa shape index (κ2) is 20.2. The van der Waals surface area contributed by atoms with Crippen LogP contribution in [-0.4, -0.2) is 89.0 Å². The first kappa shape index (κ1) is 39.1. The molecule has 2 aromatic carbocycles. The number of aromatic hydroxyl groups is 1. The molecule has 0 fully saturated rings. The number of guanidine groups is 3. The number of nitrogens with zero attached hydrogens (tertiary/aromatic N) is 3. The Morgan fingerprint density at radius 1 is 0.612 bits per heavy atom. The summed E-state index contributed by atoms with van der Waals surface area (Å²) in [5, 5.41) is 27.2. The van der Waals surface area contributed by atoms with Crippen molar-refractivity contribution >= 4 is 41.6 Å². The van der Waals surface area contributed by atoms with Crippen molar-refractivity contribution in [2.75, 3.05) is 13.1 Å². The first-order valence-electron chi connectivity index (χ1n) is 15.4. The Morgan fingerprint density at radius 2 is 1.10 bits per heavy atom. The van der Waals surface area contributed by atoms with Crippen molar-refractivity contribution in [3.8, 4) is 5.75 Å². The lowest BCUT2D eigenvalue weighted by molar-refractivity contribution is -0.142. The van der Waals surface area contributed by atoms with Gasteiger partial charge in [-0.15, -0.1) is 0 Å². The van der Waals surface area contributed by atoms with Gasteiger partial charge in [0.2, 0.25) is 17.7 Å². The van der Waals surface area contributed by atoms with Crippen LogP contribution in [-0.2, 0) is 32.0 Å². The molecule has 2 rings (SSSR count). The number of phenols is 1. The number of phenolic OH excluding ortho intramolecular Hbond substituents is 1. The number of carbonyl (C=O) groups is 4. The number of hydrogen-bond donors (Lipinski definition) is 11. The largest absolute Gasteiger partial charge is 0.508 e. The van der Waals surface area contributed by atoms with E-state index in [1.54, 1.807) is 42.5 Å². The van der Waals surface area contributed by atoms with Crippen molar-refractivity contribution in [1.29, 1.82) is 0 Å². The minimum absolute atomic E-state index is 0.00486. The second-order valence-electron chi connectivity index (χ2n) is 11.0. The highest BCUT2D eigenvalue weighted by molar-refractivity contribution is 5.95. The minimum Gasteiger partial charge on any atom is -0.508 e. The van der Waals surface area contributed by atoms with Crippen LogP contribution >= 0.6 is 0 Å². The predicted molar refractivity (Wildman–Crippen MR) is 185 cm³/mol. The molecule has 266 valence electrons. The van der Waals surface area contributed by atoms with Crippen LogP contribution in [0.5, 0.6) is 5.75 Å².